The minimum Gasteiger partial charge on any atom is -0.507 e. The van der Waals surface area contributed by atoms with E-state index in [1.165, 1.54) is 6.21 Å². The molecule has 0 amide bonds. The van der Waals surface area contributed by atoms with Crippen LogP contribution < -0.4 is 15.5 Å². The third-order valence-electron chi connectivity index (χ3n) is 7.42. The molecule has 0 spiro atoms. The minimum absolute atomic E-state index is 0.0453. The van der Waals surface area contributed by atoms with Crippen LogP contribution in [0, 0.1) is 5.41 Å². The highest BCUT2D eigenvalue weighted by Crippen LogP contribution is 2.34. The maximum atomic E-state index is 10.8. The lowest BCUT2D eigenvalue weighted by Crippen LogP contribution is -2.62. The largest absolute Gasteiger partial charge is 0.507 e. The zero-order valence-corrected chi connectivity index (χ0v) is 23.4. The number of hydrogen-bond acceptors (Lipinski definition) is 9. The van der Waals surface area contributed by atoms with Crippen molar-refractivity contribution in [2.24, 2.45) is 0 Å². The van der Waals surface area contributed by atoms with Crippen LogP contribution in [0.1, 0.15) is 46.1 Å². The summed E-state index contributed by atoms with van der Waals surface area (Å²) in [5.74, 6) is 0.932. The molecule has 2 fully saturated rings. The molecule has 0 aliphatic carbocycles. The minimum atomic E-state index is 0.0453. The fourth-order valence-electron chi connectivity index (χ4n) is 5.75. The Hall–Kier alpha value is -3.01. The maximum absolute atomic E-state index is 10.8. The summed E-state index contributed by atoms with van der Waals surface area (Å²) in [6.45, 7) is 14.2. The number of piperidine rings is 1. The summed E-state index contributed by atoms with van der Waals surface area (Å²) in [4.78, 5) is 4.57. The van der Waals surface area contributed by atoms with Crippen LogP contribution in [0.3, 0.4) is 0 Å². The molecular formula is C29H43N7O2. The molecule has 0 radical (unpaired) electrons. The van der Waals surface area contributed by atoms with Crippen molar-refractivity contribution in [3.05, 3.63) is 42.1 Å². The van der Waals surface area contributed by atoms with Crippen molar-refractivity contribution >= 4 is 17.6 Å². The number of aromatic hydroxyl groups is 1. The predicted molar refractivity (Wildman–Crippen MR) is 154 cm³/mol. The highest BCUT2D eigenvalue weighted by Gasteiger charge is 2.39. The van der Waals surface area contributed by atoms with Crippen LogP contribution in [0.5, 0.6) is 5.75 Å². The molecule has 2 saturated heterocycles. The molecule has 3 heterocycles. The van der Waals surface area contributed by atoms with Gasteiger partial charge in [0.1, 0.15) is 5.75 Å². The van der Waals surface area contributed by atoms with Crippen LogP contribution in [0.2, 0.25) is 0 Å². The van der Waals surface area contributed by atoms with Crippen molar-refractivity contribution < 1.29 is 9.84 Å². The smallest absolute Gasteiger partial charge is 0.151 e. The second-order valence-electron chi connectivity index (χ2n) is 11.7. The van der Waals surface area contributed by atoms with E-state index in [4.69, 9.17) is 10.1 Å². The first kappa shape index (κ1) is 28.0. The van der Waals surface area contributed by atoms with Gasteiger partial charge < -0.3 is 30.8 Å². The van der Waals surface area contributed by atoms with Crippen LogP contribution in [0.4, 0.5) is 5.82 Å². The van der Waals surface area contributed by atoms with E-state index in [0.29, 0.717) is 22.9 Å². The predicted octanol–water partition coefficient (Wildman–Crippen LogP) is 3.51. The van der Waals surface area contributed by atoms with Crippen LogP contribution in [0.25, 0.3) is 16.8 Å². The number of nitrogens with zero attached hydrogens (tertiary/aromatic N) is 4. The number of ether oxygens (including phenoxy) is 1. The Morgan fingerprint density at radius 2 is 1.87 bits per heavy atom. The summed E-state index contributed by atoms with van der Waals surface area (Å²) in [5, 5.41) is 34.6. The fraction of sp³-hybridized carbons (Fsp3) is 0.552. The molecule has 4 N–H and O–H groups in total. The molecule has 2 aliphatic heterocycles. The number of benzene rings is 1. The van der Waals surface area contributed by atoms with Gasteiger partial charge in [-0.25, -0.2) is 0 Å². The van der Waals surface area contributed by atoms with Crippen molar-refractivity contribution in [2.75, 3.05) is 51.3 Å². The quantitative estimate of drug-likeness (QED) is 0.293. The van der Waals surface area contributed by atoms with Gasteiger partial charge >= 0.3 is 0 Å². The monoisotopic (exact) mass is 521 g/mol. The van der Waals surface area contributed by atoms with E-state index in [1.54, 1.807) is 6.07 Å². The van der Waals surface area contributed by atoms with E-state index in [0.717, 1.165) is 63.6 Å². The summed E-state index contributed by atoms with van der Waals surface area (Å²) >= 11 is 0. The van der Waals surface area contributed by atoms with Gasteiger partial charge in [0.25, 0.3) is 0 Å². The highest BCUT2D eigenvalue weighted by molar-refractivity contribution is 6.08. The topological polar surface area (TPSA) is 110 Å². The normalized spacial score (nSPS) is 20.2. The van der Waals surface area contributed by atoms with Crippen molar-refractivity contribution in [3.8, 4) is 17.0 Å². The summed E-state index contributed by atoms with van der Waals surface area (Å²) in [6.07, 6.45) is 5.16. The molecule has 1 aromatic heterocycles. The first-order valence-corrected chi connectivity index (χ1v) is 13.5. The lowest BCUT2D eigenvalue weighted by molar-refractivity contribution is 0.0388. The first-order chi connectivity index (χ1) is 18.1. The van der Waals surface area contributed by atoms with E-state index in [1.807, 2.05) is 30.5 Å². The van der Waals surface area contributed by atoms with Crippen molar-refractivity contribution in [2.45, 2.75) is 57.7 Å². The van der Waals surface area contributed by atoms with Crippen LogP contribution in [-0.4, -0.2) is 90.0 Å². The lowest BCUT2D eigenvalue weighted by atomic mass is 9.79. The summed E-state index contributed by atoms with van der Waals surface area (Å²) < 4.78 is 5.39. The Kier molecular flexibility index (Phi) is 8.70. The highest BCUT2D eigenvalue weighted by atomic mass is 16.5. The Morgan fingerprint density at radius 1 is 1.16 bits per heavy atom. The Balaban J connectivity index is 1.41. The molecule has 1 aromatic carbocycles. The molecule has 2 aromatic rings. The van der Waals surface area contributed by atoms with Crippen molar-refractivity contribution in [1.29, 1.82) is 5.41 Å². The van der Waals surface area contributed by atoms with Crippen LogP contribution in [0.15, 0.2) is 36.5 Å². The Bertz CT molecular complexity index is 1110. The van der Waals surface area contributed by atoms with E-state index in [2.05, 4.69) is 65.4 Å². The summed E-state index contributed by atoms with van der Waals surface area (Å²) in [7, 11) is 2.08. The molecule has 9 heteroatoms. The molecule has 206 valence electrons. The zero-order valence-electron chi connectivity index (χ0n) is 23.4. The number of phenols is 1. The Morgan fingerprint density at radius 3 is 2.47 bits per heavy atom. The second-order valence-corrected chi connectivity index (χ2v) is 11.7. The zero-order chi connectivity index (χ0) is 27.3. The summed E-state index contributed by atoms with van der Waals surface area (Å²) in [5.41, 5.74) is 2.78. The van der Waals surface area contributed by atoms with Crippen LogP contribution >= 0.6 is 0 Å². The molecule has 38 heavy (non-hydrogen) atoms. The average Bonchev–Trinajstić information content (AvgIpc) is 2.87. The Labute approximate surface area is 226 Å². The molecule has 0 unspecified atom stereocenters. The maximum Gasteiger partial charge on any atom is 0.151 e. The number of anilines is 1. The molecule has 9 nitrogen and oxygen atoms in total. The third-order valence-corrected chi connectivity index (χ3v) is 7.42. The van der Waals surface area contributed by atoms with Crippen LogP contribution in [-0.2, 0) is 4.74 Å². The number of nitrogens with one attached hydrogen (secondary N) is 3. The number of morpholine rings is 1. The number of phenolic OH excluding ortho intramolecular Hbond substituents is 1. The first-order valence-electron chi connectivity index (χ1n) is 13.5. The number of rotatable bonds is 9. The van der Waals surface area contributed by atoms with Gasteiger partial charge in [0.15, 0.2) is 5.82 Å². The number of aromatic nitrogens is 2. The van der Waals surface area contributed by atoms with Gasteiger partial charge in [-0.2, -0.15) is 0 Å². The van der Waals surface area contributed by atoms with Gasteiger partial charge in [-0.05, 0) is 70.4 Å². The molecular weight excluding hydrogens is 478 g/mol. The van der Waals surface area contributed by atoms with E-state index in [9.17, 15) is 5.11 Å². The van der Waals surface area contributed by atoms with Gasteiger partial charge in [-0.15, -0.1) is 10.2 Å². The van der Waals surface area contributed by atoms with Crippen molar-refractivity contribution in [1.82, 2.24) is 25.7 Å². The lowest BCUT2D eigenvalue weighted by Gasteiger charge is -2.49. The summed E-state index contributed by atoms with van der Waals surface area (Å²) in [6, 6.07) is 9.64. The van der Waals surface area contributed by atoms with E-state index in [-0.39, 0.29) is 16.8 Å². The van der Waals surface area contributed by atoms with E-state index >= 15 is 0 Å². The van der Waals surface area contributed by atoms with Gasteiger partial charge in [0, 0.05) is 73.9 Å². The fourth-order valence-corrected chi connectivity index (χ4v) is 5.75. The van der Waals surface area contributed by atoms with Gasteiger partial charge in [0.2, 0.25) is 0 Å². The van der Waals surface area contributed by atoms with Gasteiger partial charge in [0.05, 0.1) is 18.9 Å². The number of hydrogen-bond donors (Lipinski definition) is 4. The average molecular weight is 522 g/mol. The standard InChI is InChI=1S/C29H43N7O2/c1-28(2)17-23(18-29(3,4)34-28)35(5)27-9-8-25(32-33-27)24-7-6-21(16-26(24)37)22(19-30)20-31-10-11-36-12-14-38-15-13-36/h6-9,16,19-20,23,30-31,34,37H,10-15,17-18H2,1-5H3/b22-20+,30-19?. The molecule has 2 aliphatic rings. The number of allylic oxidation sites excluding steroid dienone is 1. The molecule has 4 rings (SSSR count). The SMILES string of the molecule is CN(c1ccc(-c2ccc(/C(C=N)=C/NCCN3CCOCC3)cc2O)nn1)C1CC(C)(C)NC(C)(C)C1. The molecule has 0 bridgehead atoms. The van der Waals surface area contributed by atoms with Crippen molar-refractivity contribution in [3.63, 3.8) is 0 Å². The van der Waals surface area contributed by atoms with Gasteiger partial charge in [-0.1, -0.05) is 6.07 Å². The third kappa shape index (κ3) is 7.09. The van der Waals surface area contributed by atoms with Gasteiger partial charge in [-0.3, -0.25) is 4.90 Å². The molecule has 0 atom stereocenters. The van der Waals surface area contributed by atoms with E-state index < -0.39 is 0 Å². The second kappa shape index (κ2) is 11.8. The molecule has 0 saturated carbocycles.